The van der Waals surface area contributed by atoms with E-state index in [1.165, 1.54) is 48.9 Å². The lowest BCUT2D eigenvalue weighted by molar-refractivity contribution is 0.220. The van der Waals surface area contributed by atoms with Crippen molar-refractivity contribution in [2.45, 2.75) is 26.7 Å². The summed E-state index contributed by atoms with van der Waals surface area (Å²) < 4.78 is 0. The summed E-state index contributed by atoms with van der Waals surface area (Å²) in [7, 11) is 0. The normalized spacial score (nSPS) is 16.5. The Morgan fingerprint density at radius 1 is 1.00 bits per heavy atom. The molecule has 1 saturated heterocycles. The average Bonchev–Trinajstić information content (AvgIpc) is 2.97. The van der Waals surface area contributed by atoms with Gasteiger partial charge in [-0.25, -0.2) is 0 Å². The van der Waals surface area contributed by atoms with Crippen LogP contribution < -0.4 is 5.32 Å². The predicted octanol–water partition coefficient (Wildman–Crippen LogP) is 4.37. The first-order valence-corrected chi connectivity index (χ1v) is 8.08. The van der Waals surface area contributed by atoms with Gasteiger partial charge in [0.1, 0.15) is 0 Å². The second-order valence-electron chi connectivity index (χ2n) is 7.03. The molecule has 1 N–H and O–H groups in total. The fourth-order valence-corrected chi connectivity index (χ4v) is 3.32. The van der Waals surface area contributed by atoms with Crippen LogP contribution in [0.4, 0.5) is 5.69 Å². The average molecular weight is 282 g/mol. The molecule has 2 nitrogen and oxygen atoms in total. The maximum absolute atomic E-state index is 3.68. The minimum absolute atomic E-state index is 0.293. The Morgan fingerprint density at radius 3 is 2.52 bits per heavy atom. The van der Waals surface area contributed by atoms with Gasteiger partial charge in [0.15, 0.2) is 0 Å². The summed E-state index contributed by atoms with van der Waals surface area (Å²) in [5.41, 5.74) is 1.55. The highest BCUT2D eigenvalue weighted by Gasteiger charge is 2.23. The number of benzene rings is 2. The minimum Gasteiger partial charge on any atom is -0.384 e. The molecule has 0 spiro atoms. The molecule has 1 heterocycles. The molecular weight excluding hydrogens is 256 g/mol. The van der Waals surface area contributed by atoms with Gasteiger partial charge >= 0.3 is 0 Å². The van der Waals surface area contributed by atoms with Crippen molar-refractivity contribution in [2.75, 3.05) is 31.5 Å². The Bertz CT molecular complexity index is 592. The quantitative estimate of drug-likeness (QED) is 0.876. The van der Waals surface area contributed by atoms with Gasteiger partial charge in [0.05, 0.1) is 0 Å². The zero-order valence-corrected chi connectivity index (χ0v) is 13.2. The Hall–Kier alpha value is -1.54. The highest BCUT2D eigenvalue weighted by molar-refractivity contribution is 5.93. The van der Waals surface area contributed by atoms with Crippen LogP contribution in [0.15, 0.2) is 42.5 Å². The van der Waals surface area contributed by atoms with E-state index in [0.29, 0.717) is 5.41 Å². The molecule has 112 valence electrons. The van der Waals surface area contributed by atoms with Gasteiger partial charge in [-0.05, 0) is 42.8 Å². The van der Waals surface area contributed by atoms with Crippen molar-refractivity contribution < 1.29 is 0 Å². The van der Waals surface area contributed by atoms with E-state index in [2.05, 4.69) is 66.5 Å². The van der Waals surface area contributed by atoms with Gasteiger partial charge in [0.25, 0.3) is 0 Å². The van der Waals surface area contributed by atoms with Crippen LogP contribution in [-0.2, 0) is 0 Å². The maximum atomic E-state index is 3.68. The van der Waals surface area contributed by atoms with Crippen LogP contribution in [0.1, 0.15) is 26.7 Å². The molecule has 0 bridgehead atoms. The van der Waals surface area contributed by atoms with Crippen LogP contribution in [0, 0.1) is 5.41 Å². The predicted molar refractivity (Wildman–Crippen MR) is 91.9 cm³/mol. The van der Waals surface area contributed by atoms with Crippen molar-refractivity contribution in [3.8, 4) is 0 Å². The van der Waals surface area contributed by atoms with E-state index in [0.717, 1.165) is 6.54 Å². The first-order valence-electron chi connectivity index (χ1n) is 8.08. The molecule has 0 amide bonds. The van der Waals surface area contributed by atoms with Gasteiger partial charge in [-0.1, -0.05) is 50.2 Å². The zero-order chi connectivity index (χ0) is 14.7. The van der Waals surface area contributed by atoms with E-state index in [1.54, 1.807) is 0 Å². The van der Waals surface area contributed by atoms with Gasteiger partial charge in [-0.2, -0.15) is 0 Å². The number of nitrogens with one attached hydrogen (secondary N) is 1. The van der Waals surface area contributed by atoms with E-state index in [9.17, 15) is 0 Å². The van der Waals surface area contributed by atoms with Gasteiger partial charge < -0.3 is 10.2 Å². The molecular formula is C19H26N2. The molecule has 3 rings (SSSR count). The summed E-state index contributed by atoms with van der Waals surface area (Å²) in [6.07, 6.45) is 2.74. The number of rotatable bonds is 5. The fourth-order valence-electron chi connectivity index (χ4n) is 3.32. The third-order valence-corrected chi connectivity index (χ3v) is 4.40. The zero-order valence-electron chi connectivity index (χ0n) is 13.2. The summed E-state index contributed by atoms with van der Waals surface area (Å²) in [6, 6.07) is 15.1. The highest BCUT2D eigenvalue weighted by Crippen LogP contribution is 2.26. The van der Waals surface area contributed by atoms with Crippen molar-refractivity contribution in [3.63, 3.8) is 0 Å². The van der Waals surface area contributed by atoms with E-state index in [1.807, 2.05) is 0 Å². The molecule has 0 atom stereocenters. The van der Waals surface area contributed by atoms with E-state index in [4.69, 9.17) is 0 Å². The molecule has 1 aliphatic rings. The van der Waals surface area contributed by atoms with E-state index >= 15 is 0 Å². The van der Waals surface area contributed by atoms with Crippen molar-refractivity contribution in [1.29, 1.82) is 0 Å². The lowest BCUT2D eigenvalue weighted by Crippen LogP contribution is -2.36. The Balaban J connectivity index is 1.67. The summed E-state index contributed by atoms with van der Waals surface area (Å²) in [4.78, 5) is 2.60. The summed E-state index contributed by atoms with van der Waals surface area (Å²) >= 11 is 0. The first-order chi connectivity index (χ1) is 10.1. The highest BCUT2D eigenvalue weighted by atomic mass is 15.1. The molecule has 1 fully saturated rings. The number of nitrogens with zero attached hydrogens (tertiary/aromatic N) is 1. The monoisotopic (exact) mass is 282 g/mol. The Kier molecular flexibility index (Phi) is 4.16. The van der Waals surface area contributed by atoms with Gasteiger partial charge in [0, 0.05) is 24.2 Å². The van der Waals surface area contributed by atoms with Crippen LogP contribution in [0.3, 0.4) is 0 Å². The number of likely N-dealkylation sites (tertiary alicyclic amines) is 1. The van der Waals surface area contributed by atoms with Crippen LogP contribution >= 0.6 is 0 Å². The second-order valence-corrected chi connectivity index (χ2v) is 7.03. The van der Waals surface area contributed by atoms with Crippen LogP contribution in [0.2, 0.25) is 0 Å². The topological polar surface area (TPSA) is 15.3 Å². The van der Waals surface area contributed by atoms with Crippen LogP contribution in [-0.4, -0.2) is 31.1 Å². The molecule has 2 aromatic carbocycles. The third-order valence-electron chi connectivity index (χ3n) is 4.40. The van der Waals surface area contributed by atoms with Crippen molar-refractivity contribution in [2.24, 2.45) is 5.41 Å². The van der Waals surface area contributed by atoms with Crippen LogP contribution in [0.25, 0.3) is 10.8 Å². The van der Waals surface area contributed by atoms with Crippen LogP contribution in [0.5, 0.6) is 0 Å². The molecule has 0 aliphatic carbocycles. The number of hydrogen-bond acceptors (Lipinski definition) is 2. The molecule has 1 aliphatic heterocycles. The largest absolute Gasteiger partial charge is 0.384 e. The van der Waals surface area contributed by atoms with Gasteiger partial charge in [-0.15, -0.1) is 0 Å². The Morgan fingerprint density at radius 2 is 1.71 bits per heavy atom. The standard InChI is InChI=1S/C19H26N2/c1-19(2,15-21-12-5-6-13-21)14-20-18-11-7-9-16-8-3-4-10-17(16)18/h3-4,7-11,20H,5-6,12-15H2,1-2H3. The van der Waals surface area contributed by atoms with Crippen molar-refractivity contribution >= 4 is 16.5 Å². The first kappa shape index (κ1) is 14.4. The van der Waals surface area contributed by atoms with Gasteiger partial charge in [0.2, 0.25) is 0 Å². The molecule has 0 aromatic heterocycles. The van der Waals surface area contributed by atoms with E-state index in [-0.39, 0.29) is 0 Å². The summed E-state index contributed by atoms with van der Waals surface area (Å²) in [6.45, 7) is 9.48. The number of hydrogen-bond donors (Lipinski definition) is 1. The van der Waals surface area contributed by atoms with E-state index < -0.39 is 0 Å². The Labute approximate surface area is 128 Å². The van der Waals surface area contributed by atoms with Gasteiger partial charge in [-0.3, -0.25) is 0 Å². The lowest BCUT2D eigenvalue weighted by Gasteiger charge is -2.30. The molecule has 2 heteroatoms. The summed E-state index contributed by atoms with van der Waals surface area (Å²) in [5, 5.41) is 6.30. The molecule has 0 radical (unpaired) electrons. The maximum Gasteiger partial charge on any atom is 0.0420 e. The molecule has 2 aromatic rings. The molecule has 0 unspecified atom stereocenters. The summed E-state index contributed by atoms with van der Waals surface area (Å²) in [5.74, 6) is 0. The van der Waals surface area contributed by atoms with Crippen molar-refractivity contribution in [1.82, 2.24) is 4.90 Å². The second kappa shape index (κ2) is 6.07. The number of anilines is 1. The SMILES string of the molecule is CC(C)(CNc1cccc2ccccc12)CN1CCCC1. The fraction of sp³-hybridized carbons (Fsp3) is 0.474. The molecule has 21 heavy (non-hydrogen) atoms. The smallest absolute Gasteiger partial charge is 0.0420 e. The van der Waals surface area contributed by atoms with Crippen molar-refractivity contribution in [3.05, 3.63) is 42.5 Å². The minimum atomic E-state index is 0.293. The number of fused-ring (bicyclic) bond motifs is 1. The third kappa shape index (κ3) is 3.56. The lowest BCUT2D eigenvalue weighted by atomic mass is 9.92. The molecule has 0 saturated carbocycles.